The molecule has 1 atom stereocenters. The predicted molar refractivity (Wildman–Crippen MR) is 37.2 cm³/mol. The van der Waals surface area contributed by atoms with Gasteiger partial charge in [-0.3, -0.25) is 4.79 Å². The van der Waals surface area contributed by atoms with Crippen LogP contribution in [-0.4, -0.2) is 6.29 Å². The molecule has 0 spiro atoms. The smallest absolute Gasteiger partial charge is 0.145 e. The molecule has 1 aliphatic carbocycles. The maximum atomic E-state index is 10.2. The lowest BCUT2D eigenvalue weighted by atomic mass is 9.92. The Morgan fingerprint density at radius 2 is 2.56 bits per heavy atom. The van der Waals surface area contributed by atoms with Gasteiger partial charge in [-0.2, -0.15) is 0 Å². The van der Waals surface area contributed by atoms with E-state index in [2.05, 4.69) is 13.0 Å². The van der Waals surface area contributed by atoms with Gasteiger partial charge in [-0.25, -0.2) is 0 Å². The van der Waals surface area contributed by atoms with Gasteiger partial charge in [0, 0.05) is 0 Å². The van der Waals surface area contributed by atoms with Crippen molar-refractivity contribution in [3.63, 3.8) is 0 Å². The van der Waals surface area contributed by atoms with Gasteiger partial charge in [-0.15, -0.1) is 0 Å². The van der Waals surface area contributed by atoms with Crippen molar-refractivity contribution in [2.45, 2.75) is 26.2 Å². The number of rotatable bonds is 1. The lowest BCUT2D eigenvalue weighted by molar-refractivity contribution is -0.105. The molecular weight excluding hydrogens is 112 g/mol. The second-order valence-electron chi connectivity index (χ2n) is 2.78. The van der Waals surface area contributed by atoms with E-state index >= 15 is 0 Å². The molecule has 50 valence electrons. The minimum absolute atomic E-state index is 0.786. The molecule has 0 radical (unpaired) electrons. The lowest BCUT2D eigenvalue weighted by Gasteiger charge is -2.13. The van der Waals surface area contributed by atoms with Crippen LogP contribution in [0.3, 0.4) is 0 Å². The van der Waals surface area contributed by atoms with Crippen molar-refractivity contribution in [2.75, 3.05) is 0 Å². The summed E-state index contributed by atoms with van der Waals surface area (Å²) in [6.45, 7) is 2.22. The van der Waals surface area contributed by atoms with Gasteiger partial charge in [0.2, 0.25) is 0 Å². The molecule has 0 aliphatic heterocycles. The van der Waals surface area contributed by atoms with E-state index in [1.165, 1.54) is 6.42 Å². The van der Waals surface area contributed by atoms with Crippen molar-refractivity contribution < 1.29 is 4.79 Å². The molecule has 0 saturated heterocycles. The van der Waals surface area contributed by atoms with Crippen LogP contribution >= 0.6 is 0 Å². The molecule has 0 aromatic heterocycles. The van der Waals surface area contributed by atoms with Crippen LogP contribution in [0.1, 0.15) is 26.2 Å². The largest absolute Gasteiger partial charge is 0.298 e. The summed E-state index contributed by atoms with van der Waals surface area (Å²) >= 11 is 0. The molecule has 0 aromatic carbocycles. The van der Waals surface area contributed by atoms with Crippen LogP contribution in [0, 0.1) is 5.92 Å². The average Bonchev–Trinajstić information content (AvgIpc) is 1.90. The molecule has 0 aromatic rings. The van der Waals surface area contributed by atoms with Crippen LogP contribution in [-0.2, 0) is 4.79 Å². The number of aldehydes is 1. The minimum atomic E-state index is 0.786. The van der Waals surface area contributed by atoms with Crippen molar-refractivity contribution in [3.8, 4) is 0 Å². The Labute approximate surface area is 55.8 Å². The maximum Gasteiger partial charge on any atom is 0.145 e. The summed E-state index contributed by atoms with van der Waals surface area (Å²) < 4.78 is 0. The number of hydrogen-bond donors (Lipinski definition) is 0. The number of carbonyl (C=O) groups is 1. The van der Waals surface area contributed by atoms with Crippen LogP contribution in [0.25, 0.3) is 0 Å². The third-order valence-electron chi connectivity index (χ3n) is 1.86. The molecule has 1 nitrogen and oxygen atoms in total. The summed E-state index contributed by atoms with van der Waals surface area (Å²) in [4.78, 5) is 10.2. The summed E-state index contributed by atoms with van der Waals surface area (Å²) in [6, 6.07) is 0. The van der Waals surface area contributed by atoms with Gasteiger partial charge in [0.1, 0.15) is 6.29 Å². The zero-order valence-corrected chi connectivity index (χ0v) is 5.76. The van der Waals surface area contributed by atoms with E-state index < -0.39 is 0 Å². The number of allylic oxidation sites excluding steroid dienone is 2. The standard InChI is InChI=1S/C8H12O/c1-7-2-4-8(6-9)5-3-7/h4,6-7H,2-3,5H2,1H3. The Balaban J connectivity index is 2.49. The summed E-state index contributed by atoms with van der Waals surface area (Å²) in [6.07, 6.45) is 6.30. The quantitative estimate of drug-likeness (QED) is 0.488. The van der Waals surface area contributed by atoms with Gasteiger partial charge in [0.25, 0.3) is 0 Å². The lowest BCUT2D eigenvalue weighted by Crippen LogP contribution is -2.01. The molecule has 9 heavy (non-hydrogen) atoms. The van der Waals surface area contributed by atoms with E-state index in [-0.39, 0.29) is 0 Å². The minimum Gasteiger partial charge on any atom is -0.298 e. The van der Waals surface area contributed by atoms with E-state index in [1.54, 1.807) is 0 Å². The van der Waals surface area contributed by atoms with Gasteiger partial charge < -0.3 is 0 Å². The Bertz CT molecular complexity index is 136. The van der Waals surface area contributed by atoms with Gasteiger partial charge in [0.05, 0.1) is 0 Å². The van der Waals surface area contributed by atoms with Gasteiger partial charge >= 0.3 is 0 Å². The highest BCUT2D eigenvalue weighted by Gasteiger charge is 2.07. The molecule has 1 rings (SSSR count). The molecule has 0 amide bonds. The first kappa shape index (κ1) is 6.53. The fraction of sp³-hybridized carbons (Fsp3) is 0.625. The van der Waals surface area contributed by atoms with Crippen LogP contribution < -0.4 is 0 Å². The highest BCUT2D eigenvalue weighted by molar-refractivity contribution is 5.73. The SMILES string of the molecule is CC1CC=C(C=O)CC1. The summed E-state index contributed by atoms with van der Waals surface area (Å²) in [5, 5.41) is 0. The molecule has 0 heterocycles. The van der Waals surface area contributed by atoms with Crippen LogP contribution in [0.15, 0.2) is 11.6 Å². The zero-order chi connectivity index (χ0) is 6.69. The van der Waals surface area contributed by atoms with Crippen molar-refractivity contribution in [2.24, 2.45) is 5.92 Å². The Morgan fingerprint density at radius 3 is 3.00 bits per heavy atom. The molecule has 0 fully saturated rings. The molecule has 1 unspecified atom stereocenters. The Hall–Kier alpha value is -0.590. The van der Waals surface area contributed by atoms with E-state index in [0.29, 0.717) is 0 Å². The first-order valence-electron chi connectivity index (χ1n) is 3.47. The van der Waals surface area contributed by atoms with Crippen LogP contribution in [0.2, 0.25) is 0 Å². The van der Waals surface area contributed by atoms with Crippen molar-refractivity contribution in [3.05, 3.63) is 11.6 Å². The topological polar surface area (TPSA) is 17.1 Å². The fourth-order valence-corrected chi connectivity index (χ4v) is 1.09. The summed E-state index contributed by atoms with van der Waals surface area (Å²) in [5.41, 5.74) is 0.994. The highest BCUT2D eigenvalue weighted by atomic mass is 16.1. The molecule has 1 aliphatic rings. The highest BCUT2D eigenvalue weighted by Crippen LogP contribution is 2.20. The van der Waals surface area contributed by atoms with E-state index in [1.807, 2.05) is 0 Å². The van der Waals surface area contributed by atoms with E-state index in [9.17, 15) is 4.79 Å². The van der Waals surface area contributed by atoms with E-state index in [0.717, 1.165) is 30.6 Å². The summed E-state index contributed by atoms with van der Waals surface area (Å²) in [5.74, 6) is 0.786. The van der Waals surface area contributed by atoms with Crippen molar-refractivity contribution in [1.82, 2.24) is 0 Å². The van der Waals surface area contributed by atoms with Crippen molar-refractivity contribution >= 4 is 6.29 Å². The third kappa shape index (κ3) is 1.67. The predicted octanol–water partition coefficient (Wildman–Crippen LogP) is 1.93. The van der Waals surface area contributed by atoms with Gasteiger partial charge in [-0.05, 0) is 30.8 Å². The van der Waals surface area contributed by atoms with Gasteiger partial charge in [0.15, 0.2) is 0 Å². The first-order chi connectivity index (χ1) is 4.33. The second kappa shape index (κ2) is 2.81. The molecular formula is C8H12O. The first-order valence-corrected chi connectivity index (χ1v) is 3.47. The van der Waals surface area contributed by atoms with Gasteiger partial charge in [-0.1, -0.05) is 13.0 Å². The Kier molecular flexibility index (Phi) is 2.04. The molecule has 0 saturated carbocycles. The third-order valence-corrected chi connectivity index (χ3v) is 1.86. The maximum absolute atomic E-state index is 10.2. The summed E-state index contributed by atoms with van der Waals surface area (Å²) in [7, 11) is 0. The molecule has 0 N–H and O–H groups in total. The fourth-order valence-electron chi connectivity index (χ4n) is 1.09. The Morgan fingerprint density at radius 1 is 1.78 bits per heavy atom. The van der Waals surface area contributed by atoms with E-state index in [4.69, 9.17) is 0 Å². The second-order valence-corrected chi connectivity index (χ2v) is 2.78. The average molecular weight is 124 g/mol. The molecule has 0 bridgehead atoms. The number of hydrogen-bond acceptors (Lipinski definition) is 1. The number of carbonyl (C=O) groups excluding carboxylic acids is 1. The monoisotopic (exact) mass is 124 g/mol. The zero-order valence-electron chi connectivity index (χ0n) is 5.76. The molecule has 1 heteroatoms. The van der Waals surface area contributed by atoms with Crippen molar-refractivity contribution in [1.29, 1.82) is 0 Å². The van der Waals surface area contributed by atoms with Crippen LogP contribution in [0.4, 0.5) is 0 Å². The van der Waals surface area contributed by atoms with Crippen LogP contribution in [0.5, 0.6) is 0 Å². The normalized spacial score (nSPS) is 27.2.